The van der Waals surface area contributed by atoms with E-state index in [-0.39, 0.29) is 12.8 Å². The summed E-state index contributed by atoms with van der Waals surface area (Å²) < 4.78 is 44.2. The fourth-order valence-electron chi connectivity index (χ4n) is 7.15. The molecule has 53 heavy (non-hydrogen) atoms. The molecule has 0 amide bonds. The van der Waals surface area contributed by atoms with E-state index in [9.17, 15) is 76.6 Å². The molecule has 0 unspecified atom stereocenters. The van der Waals surface area contributed by atoms with Gasteiger partial charge in [0.05, 0.1) is 38.1 Å². The van der Waals surface area contributed by atoms with Crippen LogP contribution in [0.1, 0.15) is 19.8 Å². The highest BCUT2D eigenvalue weighted by Gasteiger charge is 2.55. The fraction of sp³-hybridized carbons (Fsp3) is 1.00. The lowest BCUT2D eigenvalue weighted by Crippen LogP contribution is -2.67. The standard InChI is InChI=1S/C30H52O23/c1-7-24(17(38)20(41)27(45)46-7)47-8-2-3-9(14(35)13(8)34)48-28-22(43)18(39)25(11(5-32)50-28)53-30-23(44)19(40)26(12(6-33)51-30)52-29-21(42)16(37)15(36)10(4-31)49-29/h7-45H,2-6H2,1H3/t7-,8+,9+,10+,11-,12+,13+,14-,15+,16+,17-,18-,19+,20+,21-,22-,23-,24-,25-,26+,27-,28-,29-,30-/m0/s1. The van der Waals surface area contributed by atoms with E-state index in [0.717, 1.165) is 0 Å². The van der Waals surface area contributed by atoms with Crippen molar-refractivity contribution in [3.05, 3.63) is 0 Å². The van der Waals surface area contributed by atoms with Crippen LogP contribution in [0.5, 0.6) is 0 Å². The number of ether oxygens (including phenoxy) is 8. The number of aliphatic hydroxyl groups excluding tert-OH is 15. The molecule has 4 saturated heterocycles. The van der Waals surface area contributed by atoms with E-state index in [1.165, 1.54) is 6.92 Å². The minimum Gasteiger partial charge on any atom is -0.394 e. The van der Waals surface area contributed by atoms with Crippen molar-refractivity contribution in [3.63, 3.8) is 0 Å². The summed E-state index contributed by atoms with van der Waals surface area (Å²) in [5, 5.41) is 155. The molecule has 0 spiro atoms. The number of rotatable bonds is 11. The highest BCUT2D eigenvalue weighted by atomic mass is 16.8. The zero-order valence-corrected chi connectivity index (χ0v) is 28.4. The largest absolute Gasteiger partial charge is 0.394 e. The van der Waals surface area contributed by atoms with E-state index in [2.05, 4.69) is 0 Å². The van der Waals surface area contributed by atoms with Crippen LogP contribution in [-0.2, 0) is 37.9 Å². The van der Waals surface area contributed by atoms with Crippen LogP contribution >= 0.6 is 0 Å². The Morgan fingerprint density at radius 2 is 0.792 bits per heavy atom. The topological polar surface area (TPSA) is 377 Å². The van der Waals surface area contributed by atoms with E-state index in [1.54, 1.807) is 0 Å². The first kappa shape index (κ1) is 43.2. The van der Waals surface area contributed by atoms with Gasteiger partial charge in [-0.2, -0.15) is 0 Å². The molecule has 0 aromatic carbocycles. The van der Waals surface area contributed by atoms with E-state index < -0.39 is 167 Å². The van der Waals surface area contributed by atoms with Crippen LogP contribution in [0.2, 0.25) is 0 Å². The molecular formula is C30H52O23. The molecule has 1 saturated carbocycles. The lowest BCUT2D eigenvalue weighted by molar-refractivity contribution is -0.382. The maximum atomic E-state index is 11.0. The first-order chi connectivity index (χ1) is 25.0. The quantitative estimate of drug-likeness (QED) is 0.0925. The fourth-order valence-corrected chi connectivity index (χ4v) is 7.15. The van der Waals surface area contributed by atoms with Gasteiger partial charge in [-0.05, 0) is 19.8 Å². The number of aliphatic hydroxyl groups is 15. The van der Waals surface area contributed by atoms with Gasteiger partial charge in [0.1, 0.15) is 104 Å². The van der Waals surface area contributed by atoms with Crippen LogP contribution in [0.4, 0.5) is 0 Å². The maximum Gasteiger partial charge on any atom is 0.187 e. The second kappa shape index (κ2) is 18.1. The first-order valence-electron chi connectivity index (χ1n) is 17.3. The van der Waals surface area contributed by atoms with Crippen molar-refractivity contribution in [1.29, 1.82) is 0 Å². The van der Waals surface area contributed by atoms with Crippen LogP contribution < -0.4 is 0 Å². The molecule has 5 rings (SSSR count). The smallest absolute Gasteiger partial charge is 0.187 e. The predicted octanol–water partition coefficient (Wildman–Crippen LogP) is -9.45. The van der Waals surface area contributed by atoms with Gasteiger partial charge in [0.2, 0.25) is 0 Å². The average molecular weight is 781 g/mol. The molecule has 0 radical (unpaired) electrons. The summed E-state index contributed by atoms with van der Waals surface area (Å²) in [4.78, 5) is 0. The summed E-state index contributed by atoms with van der Waals surface area (Å²) in [5.41, 5.74) is 0. The molecule has 5 aliphatic rings. The van der Waals surface area contributed by atoms with Crippen LogP contribution in [-0.4, -0.2) is 244 Å². The molecule has 0 bridgehead atoms. The highest BCUT2D eigenvalue weighted by molar-refractivity contribution is 4.98. The van der Waals surface area contributed by atoms with E-state index in [4.69, 9.17) is 37.9 Å². The van der Waals surface area contributed by atoms with Crippen LogP contribution in [0.3, 0.4) is 0 Å². The molecule has 4 heterocycles. The third-order valence-corrected chi connectivity index (χ3v) is 10.4. The van der Waals surface area contributed by atoms with Gasteiger partial charge in [0, 0.05) is 0 Å². The van der Waals surface area contributed by atoms with Crippen LogP contribution in [0.15, 0.2) is 0 Å². The van der Waals surface area contributed by atoms with E-state index >= 15 is 0 Å². The van der Waals surface area contributed by atoms with Crippen molar-refractivity contribution in [2.75, 3.05) is 19.8 Å². The summed E-state index contributed by atoms with van der Waals surface area (Å²) in [7, 11) is 0. The zero-order valence-electron chi connectivity index (χ0n) is 28.4. The number of hydrogen-bond donors (Lipinski definition) is 15. The summed E-state index contributed by atoms with van der Waals surface area (Å²) >= 11 is 0. The van der Waals surface area contributed by atoms with Gasteiger partial charge in [-0.1, -0.05) is 0 Å². The molecule has 4 aliphatic heterocycles. The Kier molecular flexibility index (Phi) is 14.8. The van der Waals surface area contributed by atoms with Gasteiger partial charge in [-0.3, -0.25) is 0 Å². The molecule has 1 aliphatic carbocycles. The van der Waals surface area contributed by atoms with Gasteiger partial charge in [0.25, 0.3) is 0 Å². The third kappa shape index (κ3) is 8.82. The van der Waals surface area contributed by atoms with Gasteiger partial charge in [-0.25, -0.2) is 0 Å². The Labute approximate surface area is 301 Å². The lowest BCUT2D eigenvalue weighted by atomic mass is 9.88. The van der Waals surface area contributed by atoms with Crippen molar-refractivity contribution in [3.8, 4) is 0 Å². The lowest BCUT2D eigenvalue weighted by Gasteiger charge is -2.48. The molecular weight excluding hydrogens is 728 g/mol. The zero-order chi connectivity index (χ0) is 39.0. The maximum absolute atomic E-state index is 11.0. The molecule has 15 N–H and O–H groups in total. The predicted molar refractivity (Wildman–Crippen MR) is 162 cm³/mol. The third-order valence-electron chi connectivity index (χ3n) is 10.4. The summed E-state index contributed by atoms with van der Waals surface area (Å²) in [6.45, 7) is -1.08. The minimum atomic E-state index is -2.02. The molecule has 0 aromatic rings. The van der Waals surface area contributed by atoms with Crippen molar-refractivity contribution >= 4 is 0 Å². The van der Waals surface area contributed by atoms with Crippen LogP contribution in [0.25, 0.3) is 0 Å². The number of hydrogen-bond acceptors (Lipinski definition) is 23. The Morgan fingerprint density at radius 1 is 0.396 bits per heavy atom. The second-order valence-electron chi connectivity index (χ2n) is 13.9. The van der Waals surface area contributed by atoms with Crippen molar-refractivity contribution in [1.82, 2.24) is 0 Å². The van der Waals surface area contributed by atoms with Crippen molar-refractivity contribution < 1.29 is 114 Å². The van der Waals surface area contributed by atoms with Gasteiger partial charge >= 0.3 is 0 Å². The van der Waals surface area contributed by atoms with Gasteiger partial charge < -0.3 is 114 Å². The van der Waals surface area contributed by atoms with Crippen LogP contribution in [0, 0.1) is 0 Å². The molecule has 5 fully saturated rings. The Balaban J connectivity index is 1.18. The average Bonchev–Trinajstić information content (AvgIpc) is 3.14. The SMILES string of the molecule is C[C@@H]1O[C@H](O)[C@H](O)[C@H](O)[C@H]1O[C@@H]1CC[C@@H](O[C@H]2O[C@@H](CO)[C@H](O[C@@H]3O[C@H](CO)[C@@H](O[C@@H]4O[C@H](CO)[C@@H](O)[C@@H](O)[C@@H]4O)[C@H](O)[C@@H]3O)[C@@H](O)[C@@H]2O)[C@H](O)[C@@H]1O. The van der Waals surface area contributed by atoms with Crippen molar-refractivity contribution in [2.45, 2.75) is 167 Å². The summed E-state index contributed by atoms with van der Waals surface area (Å²) in [6.07, 6.45) is -39.0. The van der Waals surface area contributed by atoms with E-state index in [0.29, 0.717) is 0 Å². The molecule has 310 valence electrons. The highest BCUT2D eigenvalue weighted by Crippen LogP contribution is 2.35. The Morgan fingerprint density at radius 3 is 1.26 bits per heavy atom. The Hall–Kier alpha value is -0.920. The first-order valence-corrected chi connectivity index (χ1v) is 17.3. The Bertz CT molecular complexity index is 1140. The summed E-state index contributed by atoms with van der Waals surface area (Å²) in [6, 6.07) is 0. The second-order valence-corrected chi connectivity index (χ2v) is 13.9. The van der Waals surface area contributed by atoms with Gasteiger partial charge in [0.15, 0.2) is 25.2 Å². The van der Waals surface area contributed by atoms with E-state index in [1.807, 2.05) is 0 Å². The normalized spacial score (nSPS) is 54.1. The summed E-state index contributed by atoms with van der Waals surface area (Å²) in [5.74, 6) is 0. The molecule has 23 heteroatoms. The molecule has 0 aromatic heterocycles. The minimum absolute atomic E-state index is 0.0182. The van der Waals surface area contributed by atoms with Gasteiger partial charge in [-0.15, -0.1) is 0 Å². The van der Waals surface area contributed by atoms with Crippen molar-refractivity contribution in [2.24, 2.45) is 0 Å². The molecule has 24 atom stereocenters. The monoisotopic (exact) mass is 780 g/mol. The molecule has 23 nitrogen and oxygen atoms in total.